The molecule has 0 aromatic heterocycles. The van der Waals surface area contributed by atoms with Crippen LogP contribution in [0.4, 0.5) is 14.5 Å². The fraction of sp³-hybridized carbons (Fsp3) is 0. The number of hydrogen-bond donors (Lipinski definition) is 1. The topological polar surface area (TPSA) is 35.2 Å². The van der Waals surface area contributed by atoms with Crippen LogP contribution in [-0.4, -0.2) is 0 Å². The first kappa shape index (κ1) is 13.1. The van der Waals surface area contributed by atoms with Crippen LogP contribution in [0.25, 0.3) is 0 Å². The Kier molecular flexibility index (Phi) is 3.73. The Bertz CT molecular complexity index is 607. The molecule has 0 saturated heterocycles. The van der Waals surface area contributed by atoms with Gasteiger partial charge in [0.15, 0.2) is 17.3 Å². The number of benzene rings is 2. The van der Waals surface area contributed by atoms with Gasteiger partial charge in [0.25, 0.3) is 0 Å². The number of rotatable bonds is 2. The van der Waals surface area contributed by atoms with Gasteiger partial charge in [0.1, 0.15) is 5.82 Å². The average Bonchev–Trinajstić information content (AvgIpc) is 2.30. The van der Waals surface area contributed by atoms with Crippen LogP contribution in [0.5, 0.6) is 11.5 Å². The number of ether oxygens (including phenoxy) is 1. The standard InChI is InChI=1S/C12H7BrClF2NO/c13-6-1-2-8(15)11(3-6)18-12-4-7(14)9(16)5-10(12)17/h1-5H,17H2. The second-order valence-electron chi connectivity index (χ2n) is 3.48. The van der Waals surface area contributed by atoms with E-state index in [4.69, 9.17) is 22.1 Å². The third-order valence-corrected chi connectivity index (χ3v) is 2.95. The Labute approximate surface area is 115 Å². The van der Waals surface area contributed by atoms with Gasteiger partial charge in [0, 0.05) is 16.6 Å². The Morgan fingerprint density at radius 3 is 2.50 bits per heavy atom. The first-order valence-electron chi connectivity index (χ1n) is 4.85. The highest BCUT2D eigenvalue weighted by atomic mass is 79.9. The van der Waals surface area contributed by atoms with Gasteiger partial charge in [-0.1, -0.05) is 27.5 Å². The second-order valence-corrected chi connectivity index (χ2v) is 4.80. The summed E-state index contributed by atoms with van der Waals surface area (Å²) in [6.07, 6.45) is 0. The molecule has 0 radical (unpaired) electrons. The fourth-order valence-corrected chi connectivity index (χ4v) is 1.80. The quantitative estimate of drug-likeness (QED) is 0.804. The fourth-order valence-electron chi connectivity index (χ4n) is 1.31. The Morgan fingerprint density at radius 2 is 1.78 bits per heavy atom. The van der Waals surface area contributed by atoms with Gasteiger partial charge in [0.05, 0.1) is 10.7 Å². The van der Waals surface area contributed by atoms with Crippen LogP contribution in [0.1, 0.15) is 0 Å². The zero-order chi connectivity index (χ0) is 13.3. The molecular formula is C12H7BrClF2NO. The predicted octanol–water partition coefficient (Wildman–Crippen LogP) is 4.76. The van der Waals surface area contributed by atoms with E-state index >= 15 is 0 Å². The summed E-state index contributed by atoms with van der Waals surface area (Å²) in [5.74, 6) is -1.15. The zero-order valence-electron chi connectivity index (χ0n) is 8.88. The molecule has 0 bridgehead atoms. The second kappa shape index (κ2) is 5.12. The van der Waals surface area contributed by atoms with Gasteiger partial charge in [-0.2, -0.15) is 0 Å². The molecule has 94 valence electrons. The van der Waals surface area contributed by atoms with E-state index in [0.717, 1.165) is 6.07 Å². The van der Waals surface area contributed by atoms with Crippen molar-refractivity contribution in [2.45, 2.75) is 0 Å². The van der Waals surface area contributed by atoms with Crippen molar-refractivity contribution in [3.63, 3.8) is 0 Å². The Hall–Kier alpha value is -1.33. The van der Waals surface area contributed by atoms with Crippen molar-refractivity contribution in [3.8, 4) is 11.5 Å². The Balaban J connectivity index is 2.40. The summed E-state index contributed by atoms with van der Waals surface area (Å²) in [6.45, 7) is 0. The minimum absolute atomic E-state index is 0.0289. The van der Waals surface area contributed by atoms with E-state index in [1.165, 1.54) is 24.3 Å². The van der Waals surface area contributed by atoms with E-state index in [1.54, 1.807) is 0 Å². The molecule has 2 rings (SSSR count). The molecule has 2 N–H and O–H groups in total. The van der Waals surface area contributed by atoms with E-state index in [2.05, 4.69) is 15.9 Å². The van der Waals surface area contributed by atoms with Crippen molar-refractivity contribution < 1.29 is 13.5 Å². The molecule has 0 spiro atoms. The Morgan fingerprint density at radius 1 is 1.06 bits per heavy atom. The molecule has 2 aromatic rings. The summed E-state index contributed by atoms with van der Waals surface area (Å²) in [5.41, 5.74) is 5.61. The molecule has 0 unspecified atom stereocenters. The first-order valence-corrected chi connectivity index (χ1v) is 6.02. The molecule has 6 heteroatoms. The van der Waals surface area contributed by atoms with E-state index < -0.39 is 11.6 Å². The molecule has 0 atom stereocenters. The van der Waals surface area contributed by atoms with E-state index in [1.807, 2.05) is 0 Å². The average molecular weight is 335 g/mol. The summed E-state index contributed by atoms with van der Waals surface area (Å²) in [5, 5.41) is -0.144. The molecule has 2 aromatic carbocycles. The van der Waals surface area contributed by atoms with Gasteiger partial charge < -0.3 is 10.5 Å². The van der Waals surface area contributed by atoms with Gasteiger partial charge in [-0.3, -0.25) is 0 Å². The highest BCUT2D eigenvalue weighted by Crippen LogP contribution is 2.34. The maximum Gasteiger partial charge on any atom is 0.165 e. The first-order chi connectivity index (χ1) is 8.47. The third-order valence-electron chi connectivity index (χ3n) is 2.17. The van der Waals surface area contributed by atoms with Crippen LogP contribution in [0.2, 0.25) is 5.02 Å². The summed E-state index contributed by atoms with van der Waals surface area (Å²) in [6, 6.07) is 6.43. The van der Waals surface area contributed by atoms with Crippen LogP contribution >= 0.6 is 27.5 Å². The largest absolute Gasteiger partial charge is 0.452 e. The normalized spacial score (nSPS) is 10.4. The number of anilines is 1. The van der Waals surface area contributed by atoms with Gasteiger partial charge in [-0.15, -0.1) is 0 Å². The maximum absolute atomic E-state index is 13.5. The SMILES string of the molecule is Nc1cc(F)c(Cl)cc1Oc1cc(Br)ccc1F. The van der Waals surface area contributed by atoms with Crippen molar-refractivity contribution in [2.75, 3.05) is 5.73 Å². The molecule has 2 nitrogen and oxygen atoms in total. The van der Waals surface area contributed by atoms with Crippen molar-refractivity contribution in [3.05, 3.63) is 51.5 Å². The van der Waals surface area contributed by atoms with Gasteiger partial charge in [-0.05, 0) is 18.2 Å². The van der Waals surface area contributed by atoms with Gasteiger partial charge in [-0.25, -0.2) is 8.78 Å². The third kappa shape index (κ3) is 2.73. The van der Waals surface area contributed by atoms with Crippen LogP contribution in [0.3, 0.4) is 0 Å². The van der Waals surface area contributed by atoms with Crippen molar-refractivity contribution >= 4 is 33.2 Å². The number of hydrogen-bond acceptors (Lipinski definition) is 2. The molecule has 0 aliphatic rings. The number of nitrogens with two attached hydrogens (primary N) is 1. The molecule has 0 saturated carbocycles. The lowest BCUT2D eigenvalue weighted by Gasteiger charge is -2.10. The van der Waals surface area contributed by atoms with Crippen molar-refractivity contribution in [1.82, 2.24) is 0 Å². The molecule has 0 amide bonds. The van der Waals surface area contributed by atoms with Gasteiger partial charge >= 0.3 is 0 Å². The molecular weight excluding hydrogens is 327 g/mol. The molecule has 18 heavy (non-hydrogen) atoms. The summed E-state index contributed by atoms with van der Waals surface area (Å²) in [4.78, 5) is 0. The lowest BCUT2D eigenvalue weighted by Crippen LogP contribution is -1.95. The van der Waals surface area contributed by atoms with Crippen molar-refractivity contribution in [1.29, 1.82) is 0 Å². The summed E-state index contributed by atoms with van der Waals surface area (Å²) >= 11 is 8.80. The lowest BCUT2D eigenvalue weighted by molar-refractivity contribution is 0.443. The molecule has 0 heterocycles. The summed E-state index contributed by atoms with van der Waals surface area (Å²) < 4.78 is 32.5. The molecule has 0 aliphatic heterocycles. The minimum atomic E-state index is -0.656. The van der Waals surface area contributed by atoms with Crippen LogP contribution in [0.15, 0.2) is 34.8 Å². The van der Waals surface area contributed by atoms with Crippen LogP contribution < -0.4 is 10.5 Å². The lowest BCUT2D eigenvalue weighted by atomic mass is 10.3. The monoisotopic (exact) mass is 333 g/mol. The predicted molar refractivity (Wildman–Crippen MR) is 70.0 cm³/mol. The summed E-state index contributed by atoms with van der Waals surface area (Å²) in [7, 11) is 0. The molecule has 0 aliphatic carbocycles. The highest BCUT2D eigenvalue weighted by Gasteiger charge is 2.11. The number of nitrogen functional groups attached to an aromatic ring is 1. The van der Waals surface area contributed by atoms with Crippen LogP contribution in [-0.2, 0) is 0 Å². The van der Waals surface area contributed by atoms with Crippen molar-refractivity contribution in [2.24, 2.45) is 0 Å². The maximum atomic E-state index is 13.5. The van der Waals surface area contributed by atoms with E-state index in [9.17, 15) is 8.78 Å². The van der Waals surface area contributed by atoms with Gasteiger partial charge in [0.2, 0.25) is 0 Å². The van der Waals surface area contributed by atoms with E-state index in [-0.39, 0.29) is 22.2 Å². The van der Waals surface area contributed by atoms with E-state index in [0.29, 0.717) is 4.47 Å². The highest BCUT2D eigenvalue weighted by molar-refractivity contribution is 9.10. The smallest absolute Gasteiger partial charge is 0.165 e. The van der Waals surface area contributed by atoms with Crippen LogP contribution in [0, 0.1) is 11.6 Å². The zero-order valence-corrected chi connectivity index (χ0v) is 11.2. The molecule has 0 fully saturated rings. The minimum Gasteiger partial charge on any atom is -0.452 e. The number of halogens is 4.